The zero-order valence-electron chi connectivity index (χ0n) is 16.9. The van der Waals surface area contributed by atoms with Gasteiger partial charge in [-0.3, -0.25) is 5.32 Å². The van der Waals surface area contributed by atoms with Crippen LogP contribution in [0, 0.1) is 11.3 Å². The van der Waals surface area contributed by atoms with Crippen LogP contribution in [-0.4, -0.2) is 24.4 Å². The molecular weight excluding hydrogens is 354 g/mol. The first-order valence-corrected chi connectivity index (χ1v) is 9.19. The van der Waals surface area contributed by atoms with Crippen LogP contribution in [0.5, 0.6) is 5.75 Å². The third-order valence-electron chi connectivity index (χ3n) is 4.20. The van der Waals surface area contributed by atoms with E-state index in [0.717, 1.165) is 27.9 Å². The molecule has 2 aromatic carbocycles. The van der Waals surface area contributed by atoms with Crippen LogP contribution < -0.4 is 10.1 Å². The molecule has 6 nitrogen and oxygen atoms in total. The zero-order valence-corrected chi connectivity index (χ0v) is 16.9. The Kier molecular flexibility index (Phi) is 7.05. The van der Waals surface area contributed by atoms with Crippen molar-refractivity contribution in [3.8, 4) is 23.1 Å². The second-order valence-electron chi connectivity index (χ2n) is 5.70. The highest BCUT2D eigenvalue weighted by molar-refractivity contribution is 5.95. The summed E-state index contributed by atoms with van der Waals surface area (Å²) in [5.74, 6) is 0.739. The summed E-state index contributed by atoms with van der Waals surface area (Å²) in [7, 11) is 3.54. The number of benzene rings is 2. The van der Waals surface area contributed by atoms with Gasteiger partial charge in [0.1, 0.15) is 11.8 Å². The van der Waals surface area contributed by atoms with E-state index in [4.69, 9.17) is 9.47 Å². The topological polar surface area (TPSA) is 76.3 Å². The summed E-state index contributed by atoms with van der Waals surface area (Å²) in [6.45, 7) is 6.07. The molecule has 0 saturated heterocycles. The van der Waals surface area contributed by atoms with Crippen molar-refractivity contribution in [2.45, 2.75) is 20.8 Å². The monoisotopic (exact) mass is 379 g/mol. The van der Waals surface area contributed by atoms with Crippen LogP contribution in [0.25, 0.3) is 22.2 Å². The van der Waals surface area contributed by atoms with Crippen molar-refractivity contribution in [3.63, 3.8) is 0 Å². The van der Waals surface area contributed by atoms with Crippen LogP contribution in [0.2, 0.25) is 0 Å². The number of amides is 1. The molecule has 1 heterocycles. The predicted molar refractivity (Wildman–Crippen MR) is 112 cm³/mol. The van der Waals surface area contributed by atoms with Gasteiger partial charge < -0.3 is 14.0 Å². The summed E-state index contributed by atoms with van der Waals surface area (Å²) >= 11 is 0. The molecule has 0 spiro atoms. The standard InChI is InChI=1S/C20H19N3O3.C2H6/c1-4-26-20(24)22-14-7-5-13(6-8-14)19-17(12-21)16-10-9-15(25-3)11-18(16)23(19)2;1-2/h5-11H,4H2,1-3H3,(H,22,24);1-2H3. The van der Waals surface area contributed by atoms with E-state index in [1.165, 1.54) is 0 Å². The number of nitriles is 1. The highest BCUT2D eigenvalue weighted by atomic mass is 16.5. The molecule has 0 aliphatic rings. The summed E-state index contributed by atoms with van der Waals surface area (Å²) in [4.78, 5) is 11.5. The fraction of sp³-hybridized carbons (Fsp3) is 0.273. The fourth-order valence-electron chi connectivity index (χ4n) is 2.99. The molecule has 0 atom stereocenters. The van der Waals surface area contributed by atoms with E-state index in [-0.39, 0.29) is 0 Å². The molecule has 0 unspecified atom stereocenters. The van der Waals surface area contributed by atoms with Gasteiger partial charge in [-0.15, -0.1) is 0 Å². The van der Waals surface area contributed by atoms with Gasteiger partial charge in [0, 0.05) is 24.2 Å². The molecule has 0 aliphatic carbocycles. The Labute approximate surface area is 165 Å². The first-order valence-electron chi connectivity index (χ1n) is 9.19. The first-order chi connectivity index (χ1) is 13.6. The molecular formula is C22H25N3O3. The number of ether oxygens (including phenoxy) is 2. The molecule has 0 saturated carbocycles. The molecule has 0 aliphatic heterocycles. The minimum Gasteiger partial charge on any atom is -0.497 e. The zero-order chi connectivity index (χ0) is 20.7. The van der Waals surface area contributed by atoms with Crippen LogP contribution in [0.15, 0.2) is 42.5 Å². The molecule has 28 heavy (non-hydrogen) atoms. The lowest BCUT2D eigenvalue weighted by Gasteiger charge is -2.08. The summed E-state index contributed by atoms with van der Waals surface area (Å²) < 4.78 is 12.1. The largest absolute Gasteiger partial charge is 0.497 e. The summed E-state index contributed by atoms with van der Waals surface area (Å²) in [6.07, 6.45) is -0.491. The second kappa shape index (κ2) is 9.47. The van der Waals surface area contributed by atoms with Gasteiger partial charge in [0.05, 0.1) is 30.5 Å². The Hall–Kier alpha value is -3.46. The van der Waals surface area contributed by atoms with E-state index in [1.807, 2.05) is 55.8 Å². The van der Waals surface area contributed by atoms with E-state index < -0.39 is 6.09 Å². The van der Waals surface area contributed by atoms with Crippen LogP contribution in [0.1, 0.15) is 26.3 Å². The molecule has 146 valence electrons. The van der Waals surface area contributed by atoms with E-state index in [9.17, 15) is 10.1 Å². The highest BCUT2D eigenvalue weighted by Crippen LogP contribution is 2.34. The molecule has 1 N–H and O–H groups in total. The molecule has 3 rings (SSSR count). The molecule has 3 aromatic rings. The number of aryl methyl sites for hydroxylation is 1. The molecule has 0 fully saturated rings. The van der Waals surface area contributed by atoms with E-state index in [1.54, 1.807) is 26.2 Å². The van der Waals surface area contributed by atoms with Crippen molar-refractivity contribution < 1.29 is 14.3 Å². The van der Waals surface area contributed by atoms with E-state index in [0.29, 0.717) is 17.9 Å². The van der Waals surface area contributed by atoms with E-state index >= 15 is 0 Å². The van der Waals surface area contributed by atoms with Gasteiger partial charge in [-0.1, -0.05) is 26.0 Å². The van der Waals surface area contributed by atoms with Crippen molar-refractivity contribution in [3.05, 3.63) is 48.0 Å². The Morgan fingerprint density at radius 3 is 2.43 bits per heavy atom. The lowest BCUT2D eigenvalue weighted by Crippen LogP contribution is -2.13. The molecule has 0 bridgehead atoms. The average Bonchev–Trinajstić information content (AvgIpc) is 3.01. The maximum atomic E-state index is 11.5. The normalized spacial score (nSPS) is 9.86. The first kappa shape index (κ1) is 20.8. The highest BCUT2D eigenvalue weighted by Gasteiger charge is 2.17. The maximum Gasteiger partial charge on any atom is 0.411 e. The van der Waals surface area contributed by atoms with Crippen molar-refractivity contribution in [1.82, 2.24) is 4.57 Å². The summed E-state index contributed by atoms with van der Waals surface area (Å²) in [5.41, 5.74) is 3.86. The van der Waals surface area contributed by atoms with Gasteiger partial charge in [-0.2, -0.15) is 5.26 Å². The van der Waals surface area contributed by atoms with Crippen molar-refractivity contribution in [2.75, 3.05) is 19.0 Å². The second-order valence-corrected chi connectivity index (χ2v) is 5.70. The molecule has 1 amide bonds. The van der Waals surface area contributed by atoms with Gasteiger partial charge in [0.2, 0.25) is 0 Å². The average molecular weight is 379 g/mol. The molecule has 6 heteroatoms. The Bertz CT molecular complexity index is 999. The van der Waals surface area contributed by atoms with E-state index in [2.05, 4.69) is 11.4 Å². The third-order valence-corrected chi connectivity index (χ3v) is 4.20. The Morgan fingerprint density at radius 2 is 1.86 bits per heavy atom. The minimum absolute atomic E-state index is 0.314. The number of hydrogen-bond acceptors (Lipinski definition) is 4. The van der Waals surface area contributed by atoms with Crippen LogP contribution in [-0.2, 0) is 11.8 Å². The van der Waals surface area contributed by atoms with Gasteiger partial charge >= 0.3 is 6.09 Å². The number of hydrogen-bond donors (Lipinski definition) is 1. The smallest absolute Gasteiger partial charge is 0.411 e. The fourth-order valence-corrected chi connectivity index (χ4v) is 2.99. The SMILES string of the molecule is CC.CCOC(=O)Nc1ccc(-c2c(C#N)c3ccc(OC)cc3n2C)cc1. The number of carbonyl (C=O) groups is 1. The minimum atomic E-state index is -0.491. The number of carbonyl (C=O) groups excluding carboxylic acids is 1. The number of fused-ring (bicyclic) bond motifs is 1. The Morgan fingerprint density at radius 1 is 1.18 bits per heavy atom. The van der Waals surface area contributed by atoms with Gasteiger partial charge in [-0.05, 0) is 36.8 Å². The van der Waals surface area contributed by atoms with Crippen LogP contribution >= 0.6 is 0 Å². The molecule has 1 aromatic heterocycles. The van der Waals surface area contributed by atoms with Crippen molar-refractivity contribution >= 4 is 22.7 Å². The number of methoxy groups -OCH3 is 1. The van der Waals surface area contributed by atoms with Crippen molar-refractivity contribution in [1.29, 1.82) is 5.26 Å². The number of anilines is 1. The Balaban J connectivity index is 0.00000136. The van der Waals surface area contributed by atoms with Crippen LogP contribution in [0.4, 0.5) is 10.5 Å². The lowest BCUT2D eigenvalue weighted by molar-refractivity contribution is 0.168. The quantitative estimate of drug-likeness (QED) is 0.665. The van der Waals surface area contributed by atoms with Gasteiger partial charge in [-0.25, -0.2) is 4.79 Å². The number of rotatable bonds is 4. The summed E-state index contributed by atoms with van der Waals surface area (Å²) in [5, 5.41) is 13.2. The lowest BCUT2D eigenvalue weighted by atomic mass is 10.1. The van der Waals surface area contributed by atoms with Crippen LogP contribution in [0.3, 0.4) is 0 Å². The number of nitrogens with zero attached hydrogens (tertiary/aromatic N) is 2. The number of nitrogens with one attached hydrogen (secondary N) is 1. The van der Waals surface area contributed by atoms with Gasteiger partial charge in [0.25, 0.3) is 0 Å². The molecule has 0 radical (unpaired) electrons. The van der Waals surface area contributed by atoms with Crippen molar-refractivity contribution in [2.24, 2.45) is 7.05 Å². The maximum absolute atomic E-state index is 11.5. The third kappa shape index (κ3) is 4.09. The van der Waals surface area contributed by atoms with Gasteiger partial charge in [0.15, 0.2) is 0 Å². The summed E-state index contributed by atoms with van der Waals surface area (Å²) in [6, 6.07) is 15.3. The number of aromatic nitrogens is 1. The predicted octanol–water partition coefficient (Wildman–Crippen LogP) is 5.32.